The van der Waals surface area contributed by atoms with Crippen molar-refractivity contribution >= 4 is 5.97 Å². The van der Waals surface area contributed by atoms with Crippen LogP contribution in [0.1, 0.15) is 13.3 Å². The van der Waals surface area contributed by atoms with E-state index in [0.29, 0.717) is 6.42 Å². The fraction of sp³-hybridized carbons (Fsp3) is 0.214. The van der Waals surface area contributed by atoms with Crippen molar-refractivity contribution in [2.45, 2.75) is 18.9 Å². The molecule has 2 nitrogen and oxygen atoms in total. The SMILES string of the molecule is C=CC=CC1=CCC(C=C)(OC(C)=O)C=C1. The summed E-state index contributed by atoms with van der Waals surface area (Å²) in [6.07, 6.45) is 13.6. The van der Waals surface area contributed by atoms with E-state index in [9.17, 15) is 4.79 Å². The molecule has 0 spiro atoms. The number of ether oxygens (including phenoxy) is 1. The Labute approximate surface area is 96.3 Å². The number of hydrogen-bond acceptors (Lipinski definition) is 2. The maximum atomic E-state index is 11.0. The van der Waals surface area contributed by atoms with Gasteiger partial charge in [0.05, 0.1) is 0 Å². The van der Waals surface area contributed by atoms with E-state index < -0.39 is 5.60 Å². The topological polar surface area (TPSA) is 26.3 Å². The van der Waals surface area contributed by atoms with Crippen LogP contribution in [0.4, 0.5) is 0 Å². The standard InChI is InChI=1S/C14H16O2/c1-4-6-7-13-8-10-14(5-2,11-9-13)16-12(3)15/h4-10H,1-2,11H2,3H3. The fourth-order valence-corrected chi connectivity index (χ4v) is 1.49. The highest BCUT2D eigenvalue weighted by Gasteiger charge is 2.27. The summed E-state index contributed by atoms with van der Waals surface area (Å²) < 4.78 is 5.25. The third kappa shape index (κ3) is 3.09. The monoisotopic (exact) mass is 216 g/mol. The average Bonchev–Trinajstić information content (AvgIpc) is 2.27. The molecule has 1 aliphatic carbocycles. The van der Waals surface area contributed by atoms with Gasteiger partial charge in [0.25, 0.3) is 0 Å². The predicted molar refractivity (Wildman–Crippen MR) is 65.9 cm³/mol. The average molecular weight is 216 g/mol. The van der Waals surface area contributed by atoms with Crippen LogP contribution in [0.25, 0.3) is 0 Å². The quantitative estimate of drug-likeness (QED) is 0.410. The molecular formula is C14H16O2. The number of allylic oxidation sites excluding steroid dienone is 5. The van der Waals surface area contributed by atoms with Gasteiger partial charge in [-0.2, -0.15) is 0 Å². The number of rotatable bonds is 4. The van der Waals surface area contributed by atoms with Crippen molar-refractivity contribution in [1.29, 1.82) is 0 Å². The molecule has 84 valence electrons. The lowest BCUT2D eigenvalue weighted by molar-refractivity contribution is -0.148. The highest BCUT2D eigenvalue weighted by atomic mass is 16.6. The molecule has 0 saturated carbocycles. The zero-order valence-electron chi connectivity index (χ0n) is 9.48. The summed E-state index contributed by atoms with van der Waals surface area (Å²) in [6, 6.07) is 0. The van der Waals surface area contributed by atoms with E-state index >= 15 is 0 Å². The first-order chi connectivity index (χ1) is 7.62. The molecule has 0 N–H and O–H groups in total. The minimum atomic E-state index is -0.683. The summed E-state index contributed by atoms with van der Waals surface area (Å²) in [6.45, 7) is 8.71. The van der Waals surface area contributed by atoms with Gasteiger partial charge < -0.3 is 4.74 Å². The lowest BCUT2D eigenvalue weighted by Gasteiger charge is -2.27. The third-order valence-electron chi connectivity index (χ3n) is 2.32. The zero-order chi connectivity index (χ0) is 12.0. The summed E-state index contributed by atoms with van der Waals surface area (Å²) in [5.41, 5.74) is 0.390. The Balaban J connectivity index is 2.78. The predicted octanol–water partition coefficient (Wildman–Crippen LogP) is 3.10. The van der Waals surface area contributed by atoms with Crippen LogP contribution in [-0.4, -0.2) is 11.6 Å². The van der Waals surface area contributed by atoms with Crippen LogP contribution in [0.2, 0.25) is 0 Å². The van der Waals surface area contributed by atoms with Crippen LogP contribution in [-0.2, 0) is 9.53 Å². The smallest absolute Gasteiger partial charge is 0.303 e. The van der Waals surface area contributed by atoms with Gasteiger partial charge >= 0.3 is 5.97 Å². The molecule has 0 bridgehead atoms. The summed E-state index contributed by atoms with van der Waals surface area (Å²) >= 11 is 0. The van der Waals surface area contributed by atoms with Gasteiger partial charge in [-0.1, -0.05) is 43.5 Å². The molecule has 2 heteroatoms. The van der Waals surface area contributed by atoms with Crippen molar-refractivity contribution in [3.05, 3.63) is 61.3 Å². The summed E-state index contributed by atoms with van der Waals surface area (Å²) in [7, 11) is 0. The van der Waals surface area contributed by atoms with Crippen molar-refractivity contribution < 1.29 is 9.53 Å². The molecule has 1 aliphatic rings. The molecule has 1 rings (SSSR count). The van der Waals surface area contributed by atoms with E-state index in [4.69, 9.17) is 4.74 Å². The van der Waals surface area contributed by atoms with Crippen LogP contribution in [0.15, 0.2) is 61.3 Å². The number of carbonyl (C=O) groups is 1. The number of esters is 1. The first-order valence-electron chi connectivity index (χ1n) is 5.13. The zero-order valence-corrected chi connectivity index (χ0v) is 9.48. The van der Waals surface area contributed by atoms with Gasteiger partial charge in [0.15, 0.2) is 5.60 Å². The molecule has 0 amide bonds. The van der Waals surface area contributed by atoms with Crippen LogP contribution in [0, 0.1) is 0 Å². The van der Waals surface area contributed by atoms with Crippen LogP contribution in [0.3, 0.4) is 0 Å². The summed E-state index contributed by atoms with van der Waals surface area (Å²) in [5.74, 6) is -0.303. The molecule has 0 heterocycles. The highest BCUT2D eigenvalue weighted by Crippen LogP contribution is 2.26. The minimum Gasteiger partial charge on any atom is -0.450 e. The van der Waals surface area contributed by atoms with Crippen LogP contribution < -0.4 is 0 Å². The first kappa shape index (κ1) is 12.2. The Morgan fingerprint density at radius 3 is 2.75 bits per heavy atom. The van der Waals surface area contributed by atoms with E-state index in [1.165, 1.54) is 6.92 Å². The van der Waals surface area contributed by atoms with Gasteiger partial charge in [0.2, 0.25) is 0 Å². The van der Waals surface area contributed by atoms with Gasteiger partial charge in [-0.15, -0.1) is 0 Å². The Bertz CT molecular complexity index is 386. The van der Waals surface area contributed by atoms with Gasteiger partial charge in [-0.3, -0.25) is 4.79 Å². The molecule has 0 aromatic rings. The molecule has 1 atom stereocenters. The molecule has 0 aromatic heterocycles. The second-order valence-corrected chi connectivity index (χ2v) is 3.59. The second-order valence-electron chi connectivity index (χ2n) is 3.59. The molecule has 0 aromatic carbocycles. The highest BCUT2D eigenvalue weighted by molar-refractivity contribution is 5.67. The van der Waals surface area contributed by atoms with Crippen LogP contribution in [0.5, 0.6) is 0 Å². The van der Waals surface area contributed by atoms with E-state index in [2.05, 4.69) is 13.2 Å². The molecule has 1 unspecified atom stereocenters. The Morgan fingerprint density at radius 2 is 2.31 bits per heavy atom. The lowest BCUT2D eigenvalue weighted by atomic mass is 9.91. The minimum absolute atomic E-state index is 0.303. The fourth-order valence-electron chi connectivity index (χ4n) is 1.49. The van der Waals surface area contributed by atoms with Crippen molar-refractivity contribution in [3.8, 4) is 0 Å². The van der Waals surface area contributed by atoms with Crippen molar-refractivity contribution in [2.75, 3.05) is 0 Å². The van der Waals surface area contributed by atoms with E-state index in [0.717, 1.165) is 5.57 Å². The Hall–Kier alpha value is -1.83. The second kappa shape index (κ2) is 5.31. The van der Waals surface area contributed by atoms with Crippen molar-refractivity contribution in [2.24, 2.45) is 0 Å². The largest absolute Gasteiger partial charge is 0.450 e. The molecule has 0 radical (unpaired) electrons. The van der Waals surface area contributed by atoms with E-state index in [-0.39, 0.29) is 5.97 Å². The van der Waals surface area contributed by atoms with Crippen molar-refractivity contribution in [1.82, 2.24) is 0 Å². The summed E-state index contributed by atoms with van der Waals surface area (Å²) in [4.78, 5) is 11.0. The normalized spacial score (nSPS) is 23.9. The maximum Gasteiger partial charge on any atom is 0.303 e. The number of hydrogen-bond donors (Lipinski definition) is 0. The van der Waals surface area contributed by atoms with Crippen molar-refractivity contribution in [3.63, 3.8) is 0 Å². The van der Waals surface area contributed by atoms with Gasteiger partial charge in [0, 0.05) is 13.3 Å². The molecule has 0 fully saturated rings. The Morgan fingerprint density at radius 1 is 1.56 bits per heavy atom. The van der Waals surface area contributed by atoms with Crippen LogP contribution >= 0.6 is 0 Å². The molecule has 0 aliphatic heterocycles. The lowest BCUT2D eigenvalue weighted by Crippen LogP contribution is -2.30. The van der Waals surface area contributed by atoms with E-state index in [1.807, 2.05) is 30.4 Å². The van der Waals surface area contributed by atoms with Gasteiger partial charge in [-0.05, 0) is 17.7 Å². The summed E-state index contributed by atoms with van der Waals surface area (Å²) in [5, 5.41) is 0. The Kier molecular flexibility index (Phi) is 4.06. The third-order valence-corrected chi connectivity index (χ3v) is 2.32. The number of carbonyl (C=O) groups excluding carboxylic acids is 1. The first-order valence-corrected chi connectivity index (χ1v) is 5.13. The molecule has 16 heavy (non-hydrogen) atoms. The van der Waals surface area contributed by atoms with Gasteiger partial charge in [0.1, 0.15) is 0 Å². The van der Waals surface area contributed by atoms with E-state index in [1.54, 1.807) is 12.2 Å². The maximum absolute atomic E-state index is 11.0. The van der Waals surface area contributed by atoms with Gasteiger partial charge in [-0.25, -0.2) is 0 Å². The molecular weight excluding hydrogens is 200 g/mol. The molecule has 0 saturated heterocycles.